The fourth-order valence-corrected chi connectivity index (χ4v) is 5.77. The fourth-order valence-electron chi connectivity index (χ4n) is 5.02. The summed E-state index contributed by atoms with van der Waals surface area (Å²) in [5, 5.41) is 15.1. The minimum atomic E-state index is -3.59. The lowest BCUT2D eigenvalue weighted by molar-refractivity contribution is 0.0607. The zero-order valence-electron chi connectivity index (χ0n) is 20.2. The Bertz CT molecular complexity index is 1430. The molecule has 2 fully saturated rings. The molecule has 5 rings (SSSR count). The highest BCUT2D eigenvalue weighted by atomic mass is 35.5. The quantitative estimate of drug-likeness (QED) is 0.518. The van der Waals surface area contributed by atoms with E-state index in [4.69, 9.17) is 21.7 Å². The SMILES string of the molecule is Cc1cc(N2CC[C@@H](O)C2)nc2cc([C@@H]3CCCCN3C(=O)c3cc(Cl)ccc3NS(C)(=O)=O)nn12. The molecule has 2 aliphatic heterocycles. The predicted octanol–water partition coefficient (Wildman–Crippen LogP) is 3.00. The minimum Gasteiger partial charge on any atom is -0.391 e. The van der Waals surface area contributed by atoms with E-state index < -0.39 is 10.0 Å². The number of sulfonamides is 1. The number of carbonyl (C=O) groups is 1. The molecular weight excluding hydrogens is 504 g/mol. The fraction of sp³-hybridized carbons (Fsp3) is 0.458. The molecule has 4 heterocycles. The van der Waals surface area contributed by atoms with Crippen molar-refractivity contribution in [3.05, 3.63) is 52.3 Å². The summed E-state index contributed by atoms with van der Waals surface area (Å²) in [5.74, 6) is 0.497. The van der Waals surface area contributed by atoms with Crippen LogP contribution in [0.5, 0.6) is 0 Å². The van der Waals surface area contributed by atoms with E-state index >= 15 is 0 Å². The number of likely N-dealkylation sites (tertiary alicyclic amines) is 1. The molecule has 2 N–H and O–H groups in total. The van der Waals surface area contributed by atoms with Crippen molar-refractivity contribution in [2.75, 3.05) is 35.5 Å². The average Bonchev–Trinajstić information content (AvgIpc) is 3.45. The first kappa shape index (κ1) is 24.8. The summed E-state index contributed by atoms with van der Waals surface area (Å²) < 4.78 is 28.0. The molecule has 3 aromatic rings. The Hall–Kier alpha value is -2.89. The summed E-state index contributed by atoms with van der Waals surface area (Å²) in [5.41, 5.74) is 2.72. The number of halogens is 1. The van der Waals surface area contributed by atoms with Crippen LogP contribution < -0.4 is 9.62 Å². The molecule has 0 bridgehead atoms. The second-order valence-electron chi connectivity index (χ2n) is 9.56. The van der Waals surface area contributed by atoms with E-state index in [2.05, 4.69) is 9.62 Å². The van der Waals surface area contributed by atoms with Crippen molar-refractivity contribution in [2.24, 2.45) is 0 Å². The lowest BCUT2D eigenvalue weighted by atomic mass is 9.98. The third-order valence-corrected chi connectivity index (χ3v) is 7.54. The van der Waals surface area contributed by atoms with Crippen molar-refractivity contribution >= 4 is 44.7 Å². The Labute approximate surface area is 214 Å². The third-order valence-electron chi connectivity index (χ3n) is 6.71. The molecule has 0 unspecified atom stereocenters. The highest BCUT2D eigenvalue weighted by Gasteiger charge is 2.32. The number of carbonyl (C=O) groups excluding carboxylic acids is 1. The van der Waals surface area contributed by atoms with E-state index in [1.807, 2.05) is 19.1 Å². The van der Waals surface area contributed by atoms with Gasteiger partial charge in [-0.05, 0) is 50.8 Å². The van der Waals surface area contributed by atoms with E-state index in [1.165, 1.54) is 12.1 Å². The van der Waals surface area contributed by atoms with Crippen LogP contribution in [-0.2, 0) is 10.0 Å². The second-order valence-corrected chi connectivity index (χ2v) is 11.7. The summed E-state index contributed by atoms with van der Waals surface area (Å²) in [6.45, 7) is 3.78. The lowest BCUT2D eigenvalue weighted by Crippen LogP contribution is -2.39. The molecule has 1 aromatic carbocycles. The molecule has 0 saturated carbocycles. The van der Waals surface area contributed by atoms with Gasteiger partial charge in [-0.15, -0.1) is 0 Å². The van der Waals surface area contributed by atoms with Gasteiger partial charge < -0.3 is 14.9 Å². The Kier molecular flexibility index (Phi) is 6.56. The molecule has 12 heteroatoms. The molecule has 10 nitrogen and oxygen atoms in total. The van der Waals surface area contributed by atoms with E-state index in [1.54, 1.807) is 15.5 Å². The van der Waals surface area contributed by atoms with Crippen molar-refractivity contribution in [3.63, 3.8) is 0 Å². The van der Waals surface area contributed by atoms with Gasteiger partial charge in [-0.25, -0.2) is 17.9 Å². The molecular formula is C24H29ClN6O4S. The maximum atomic E-state index is 13.7. The van der Waals surface area contributed by atoms with Crippen molar-refractivity contribution in [2.45, 2.75) is 44.8 Å². The van der Waals surface area contributed by atoms with Crippen molar-refractivity contribution < 1.29 is 18.3 Å². The number of piperidine rings is 1. The van der Waals surface area contributed by atoms with E-state index in [9.17, 15) is 18.3 Å². The van der Waals surface area contributed by atoms with E-state index in [0.717, 1.165) is 55.7 Å². The maximum absolute atomic E-state index is 13.7. The Morgan fingerprint density at radius 2 is 1.97 bits per heavy atom. The number of aryl methyl sites for hydroxylation is 1. The monoisotopic (exact) mass is 532 g/mol. The van der Waals surface area contributed by atoms with Crippen LogP contribution in [0.15, 0.2) is 30.3 Å². The summed E-state index contributed by atoms with van der Waals surface area (Å²) in [7, 11) is -3.59. The van der Waals surface area contributed by atoms with Gasteiger partial charge in [-0.2, -0.15) is 5.10 Å². The van der Waals surface area contributed by atoms with Crippen LogP contribution in [0.4, 0.5) is 11.5 Å². The number of aromatic nitrogens is 3. The number of β-amino-alcohol motifs (C(OH)–C–C–N with tert-alkyl or cyclic N) is 1. The topological polar surface area (TPSA) is 120 Å². The van der Waals surface area contributed by atoms with Gasteiger partial charge in [0.1, 0.15) is 5.82 Å². The molecule has 0 aliphatic carbocycles. The summed E-state index contributed by atoms with van der Waals surface area (Å²) in [6, 6.07) is 8.13. The minimum absolute atomic E-state index is 0.196. The van der Waals surface area contributed by atoms with Gasteiger partial charge in [0.25, 0.3) is 5.91 Å². The number of benzene rings is 1. The lowest BCUT2D eigenvalue weighted by Gasteiger charge is -2.35. The standard InChI is InChI=1S/C24H29ClN6O4S/c1-15-11-22(29-10-8-17(32)14-29)26-23-13-20(27-31(15)23)21-5-3-4-9-30(21)24(33)18-12-16(25)6-7-19(18)28-36(2,34)35/h6-7,11-13,17,21,28,32H,3-5,8-10,14H2,1-2H3/t17-,21+/m1/s1. The normalized spacial score (nSPS) is 20.8. The number of aliphatic hydroxyl groups is 1. The van der Waals surface area contributed by atoms with Crippen LogP contribution in [0, 0.1) is 6.92 Å². The molecule has 2 saturated heterocycles. The van der Waals surface area contributed by atoms with E-state index in [0.29, 0.717) is 23.8 Å². The molecule has 1 amide bonds. The summed E-state index contributed by atoms with van der Waals surface area (Å²) in [6.07, 6.45) is 3.92. The summed E-state index contributed by atoms with van der Waals surface area (Å²) >= 11 is 6.18. The first-order valence-corrected chi connectivity index (χ1v) is 14.2. The number of nitrogens with zero attached hydrogens (tertiary/aromatic N) is 5. The largest absolute Gasteiger partial charge is 0.391 e. The number of hydrogen-bond acceptors (Lipinski definition) is 7. The van der Waals surface area contributed by atoms with E-state index in [-0.39, 0.29) is 29.3 Å². The number of nitrogens with one attached hydrogen (secondary N) is 1. The maximum Gasteiger partial charge on any atom is 0.256 e. The molecule has 0 spiro atoms. The van der Waals surface area contributed by atoms with Gasteiger partial charge in [0.15, 0.2) is 5.65 Å². The van der Waals surface area contributed by atoms with Gasteiger partial charge >= 0.3 is 0 Å². The Morgan fingerprint density at radius 1 is 1.17 bits per heavy atom. The number of aliphatic hydroxyl groups excluding tert-OH is 1. The van der Waals surface area contributed by atoms with Gasteiger partial charge in [0.05, 0.1) is 35.3 Å². The molecule has 2 aromatic heterocycles. The van der Waals surface area contributed by atoms with Crippen LogP contribution in [-0.4, -0.2) is 70.9 Å². The third kappa shape index (κ3) is 5.00. The average molecular weight is 533 g/mol. The van der Waals surface area contributed by atoms with Crippen LogP contribution in [0.1, 0.15) is 53.5 Å². The summed E-state index contributed by atoms with van der Waals surface area (Å²) in [4.78, 5) is 22.3. The van der Waals surface area contributed by atoms with Crippen LogP contribution in [0.25, 0.3) is 5.65 Å². The van der Waals surface area contributed by atoms with Crippen molar-refractivity contribution in [3.8, 4) is 0 Å². The Morgan fingerprint density at radius 3 is 2.69 bits per heavy atom. The van der Waals surface area contributed by atoms with Crippen molar-refractivity contribution in [1.29, 1.82) is 0 Å². The smallest absolute Gasteiger partial charge is 0.256 e. The Balaban J connectivity index is 1.49. The second kappa shape index (κ2) is 9.53. The van der Waals surface area contributed by atoms with Gasteiger partial charge in [0.2, 0.25) is 10.0 Å². The van der Waals surface area contributed by atoms with Crippen molar-refractivity contribution in [1.82, 2.24) is 19.5 Å². The molecule has 192 valence electrons. The van der Waals surface area contributed by atoms with Crippen LogP contribution in [0.3, 0.4) is 0 Å². The van der Waals surface area contributed by atoms with Crippen LogP contribution >= 0.6 is 11.6 Å². The highest BCUT2D eigenvalue weighted by molar-refractivity contribution is 7.92. The molecule has 2 aliphatic rings. The highest BCUT2D eigenvalue weighted by Crippen LogP contribution is 2.34. The molecule has 36 heavy (non-hydrogen) atoms. The molecule has 2 atom stereocenters. The zero-order chi connectivity index (χ0) is 25.6. The van der Waals surface area contributed by atoms with Gasteiger partial charge in [0, 0.05) is 42.5 Å². The first-order valence-electron chi connectivity index (χ1n) is 12.0. The number of fused-ring (bicyclic) bond motifs is 1. The number of amides is 1. The molecule has 0 radical (unpaired) electrons. The number of hydrogen-bond donors (Lipinski definition) is 2. The number of rotatable bonds is 5. The zero-order valence-corrected chi connectivity index (χ0v) is 21.8. The first-order chi connectivity index (χ1) is 17.1. The van der Waals surface area contributed by atoms with Gasteiger partial charge in [-0.3, -0.25) is 9.52 Å². The van der Waals surface area contributed by atoms with Crippen LogP contribution in [0.2, 0.25) is 5.02 Å². The number of anilines is 2. The van der Waals surface area contributed by atoms with Gasteiger partial charge in [-0.1, -0.05) is 11.6 Å². The predicted molar refractivity (Wildman–Crippen MR) is 138 cm³/mol.